The molecule has 1 atom stereocenters. The number of fused-ring (bicyclic) bond motifs is 1. The molecule has 0 radical (unpaired) electrons. The number of rotatable bonds is 5. The van der Waals surface area contributed by atoms with Crippen LogP contribution in [0.3, 0.4) is 0 Å². The summed E-state index contributed by atoms with van der Waals surface area (Å²) in [4.78, 5) is 6.73. The molecule has 0 aromatic carbocycles. The Morgan fingerprint density at radius 3 is 2.62 bits per heavy atom. The normalized spacial score (nSPS) is 27.2. The molecular formula is C23H30N2O. The molecule has 0 spiro atoms. The van der Waals surface area contributed by atoms with Gasteiger partial charge in [-0.1, -0.05) is 36.1 Å². The van der Waals surface area contributed by atoms with E-state index in [1.165, 1.54) is 28.0 Å². The molecule has 0 bridgehead atoms. The van der Waals surface area contributed by atoms with Crippen LogP contribution in [0.15, 0.2) is 63.0 Å². The lowest BCUT2D eigenvalue weighted by Crippen LogP contribution is -2.32. The zero-order valence-corrected chi connectivity index (χ0v) is 16.1. The standard InChI is InChI=1S/C23H30N2O/c1-16-12-17(2)14-21(24-3)18(13-16)6-7-19-8-9-20(22-15-25(19)22)23(26)10-4-5-11-23/h8-9,13-14,22,26H,3-7,10-12,15H2,1-2H3. The van der Waals surface area contributed by atoms with Crippen molar-refractivity contribution in [3.8, 4) is 0 Å². The van der Waals surface area contributed by atoms with E-state index in [1.54, 1.807) is 0 Å². The highest BCUT2D eigenvalue weighted by Crippen LogP contribution is 2.46. The molecule has 2 fully saturated rings. The first-order chi connectivity index (χ1) is 12.5. The highest BCUT2D eigenvalue weighted by molar-refractivity contribution is 5.45. The van der Waals surface area contributed by atoms with Gasteiger partial charge in [-0.3, -0.25) is 4.99 Å². The minimum Gasteiger partial charge on any atom is -0.385 e. The van der Waals surface area contributed by atoms with E-state index in [4.69, 9.17) is 0 Å². The largest absolute Gasteiger partial charge is 0.385 e. The lowest BCUT2D eigenvalue weighted by atomic mass is 9.88. The molecule has 2 heterocycles. The Balaban J connectivity index is 1.50. The number of nitrogens with zero attached hydrogens (tertiary/aromatic N) is 2. The maximum absolute atomic E-state index is 10.9. The van der Waals surface area contributed by atoms with Crippen LogP contribution in [0.25, 0.3) is 0 Å². The van der Waals surface area contributed by atoms with Crippen LogP contribution in [0.5, 0.6) is 0 Å². The van der Waals surface area contributed by atoms with Gasteiger partial charge in [0.1, 0.15) is 0 Å². The van der Waals surface area contributed by atoms with Gasteiger partial charge in [-0.15, -0.1) is 0 Å². The summed E-state index contributed by atoms with van der Waals surface area (Å²) in [7, 11) is 0. The van der Waals surface area contributed by atoms with Crippen LogP contribution in [0.4, 0.5) is 0 Å². The van der Waals surface area contributed by atoms with Crippen LogP contribution in [0.2, 0.25) is 0 Å². The molecular weight excluding hydrogens is 320 g/mol. The summed E-state index contributed by atoms with van der Waals surface area (Å²) in [6, 6.07) is 0.442. The van der Waals surface area contributed by atoms with E-state index in [1.807, 2.05) is 0 Å². The molecule has 1 unspecified atom stereocenters. The fourth-order valence-electron chi connectivity index (χ4n) is 4.91. The van der Waals surface area contributed by atoms with E-state index < -0.39 is 5.60 Å². The van der Waals surface area contributed by atoms with Crippen LogP contribution in [0.1, 0.15) is 58.8 Å². The van der Waals surface area contributed by atoms with Gasteiger partial charge in [-0.2, -0.15) is 0 Å². The van der Waals surface area contributed by atoms with Gasteiger partial charge in [0.15, 0.2) is 0 Å². The molecule has 0 amide bonds. The van der Waals surface area contributed by atoms with Crippen molar-refractivity contribution >= 4 is 6.72 Å². The Kier molecular flexibility index (Phi) is 4.52. The van der Waals surface area contributed by atoms with Crippen molar-refractivity contribution in [3.05, 3.63) is 58.0 Å². The monoisotopic (exact) mass is 350 g/mol. The molecule has 3 heteroatoms. The van der Waals surface area contributed by atoms with Crippen LogP contribution < -0.4 is 0 Å². The van der Waals surface area contributed by atoms with Gasteiger partial charge in [0, 0.05) is 12.2 Å². The van der Waals surface area contributed by atoms with Gasteiger partial charge in [0.2, 0.25) is 0 Å². The maximum Gasteiger partial charge on any atom is 0.0880 e. The van der Waals surface area contributed by atoms with Gasteiger partial charge < -0.3 is 10.0 Å². The molecule has 0 aromatic heterocycles. The van der Waals surface area contributed by atoms with Crippen LogP contribution in [0, 0.1) is 0 Å². The number of hydrogen-bond donors (Lipinski definition) is 1. The summed E-state index contributed by atoms with van der Waals surface area (Å²) >= 11 is 0. The van der Waals surface area contributed by atoms with E-state index in [9.17, 15) is 5.11 Å². The number of aliphatic imine (C=N–C) groups is 1. The number of allylic oxidation sites excluding steroid dienone is 8. The molecule has 2 aliphatic heterocycles. The number of aliphatic hydroxyl groups is 1. The minimum absolute atomic E-state index is 0.442. The molecule has 3 nitrogen and oxygen atoms in total. The van der Waals surface area contributed by atoms with Crippen molar-refractivity contribution in [1.82, 2.24) is 4.90 Å². The van der Waals surface area contributed by atoms with Crippen molar-refractivity contribution < 1.29 is 5.11 Å². The lowest BCUT2D eigenvalue weighted by molar-refractivity contribution is 0.0817. The first-order valence-corrected chi connectivity index (χ1v) is 9.95. The van der Waals surface area contributed by atoms with Crippen molar-refractivity contribution in [2.75, 3.05) is 6.54 Å². The predicted octanol–water partition coefficient (Wildman–Crippen LogP) is 4.83. The Labute approximate surface area is 157 Å². The zero-order valence-electron chi connectivity index (χ0n) is 16.1. The summed E-state index contributed by atoms with van der Waals surface area (Å²) < 4.78 is 0. The maximum atomic E-state index is 10.9. The van der Waals surface area contributed by atoms with E-state index >= 15 is 0 Å². The van der Waals surface area contributed by atoms with Gasteiger partial charge in [0.05, 0.1) is 17.3 Å². The van der Waals surface area contributed by atoms with Crippen LogP contribution >= 0.6 is 0 Å². The van der Waals surface area contributed by atoms with Gasteiger partial charge in [0.25, 0.3) is 0 Å². The van der Waals surface area contributed by atoms with Crippen LogP contribution in [-0.4, -0.2) is 34.9 Å². The van der Waals surface area contributed by atoms with Crippen molar-refractivity contribution in [2.24, 2.45) is 4.99 Å². The third-order valence-electron chi connectivity index (χ3n) is 6.27. The quantitative estimate of drug-likeness (QED) is 0.569. The van der Waals surface area contributed by atoms with Gasteiger partial charge >= 0.3 is 0 Å². The molecule has 4 aliphatic rings. The minimum atomic E-state index is -0.534. The van der Waals surface area contributed by atoms with Gasteiger partial charge in [-0.05, 0) is 76.0 Å². The van der Waals surface area contributed by atoms with Crippen molar-refractivity contribution in [1.29, 1.82) is 0 Å². The first kappa shape index (κ1) is 17.5. The lowest BCUT2D eigenvalue weighted by Gasteiger charge is -2.28. The molecule has 1 saturated carbocycles. The van der Waals surface area contributed by atoms with E-state index in [2.05, 4.69) is 54.8 Å². The van der Waals surface area contributed by atoms with E-state index in [-0.39, 0.29) is 0 Å². The third-order valence-corrected chi connectivity index (χ3v) is 6.27. The smallest absolute Gasteiger partial charge is 0.0880 e. The highest BCUT2D eigenvalue weighted by atomic mass is 16.3. The summed E-state index contributed by atoms with van der Waals surface area (Å²) in [5, 5.41) is 10.9. The second-order valence-corrected chi connectivity index (χ2v) is 8.41. The average molecular weight is 351 g/mol. The summed E-state index contributed by atoms with van der Waals surface area (Å²) in [6.45, 7) is 9.20. The molecule has 0 aromatic rings. The highest BCUT2D eigenvalue weighted by Gasteiger charge is 2.48. The fraction of sp³-hybridized carbons (Fsp3) is 0.522. The summed E-state index contributed by atoms with van der Waals surface area (Å²) in [6.07, 6.45) is 16.1. The van der Waals surface area contributed by atoms with Crippen molar-refractivity contribution in [3.63, 3.8) is 0 Å². The third kappa shape index (κ3) is 3.25. The molecule has 26 heavy (non-hydrogen) atoms. The molecule has 138 valence electrons. The van der Waals surface area contributed by atoms with Crippen LogP contribution in [-0.2, 0) is 0 Å². The summed E-state index contributed by atoms with van der Waals surface area (Å²) in [5.74, 6) is 0. The Bertz CT molecular complexity index is 772. The SMILES string of the molecule is C=NC1=C(CCC2=CC=C(C3(O)CCCC3)C3CN23)C=C(C)CC(C)=C1. The second kappa shape index (κ2) is 6.70. The summed E-state index contributed by atoms with van der Waals surface area (Å²) in [5.41, 5.74) is 7.17. The number of hydrogen-bond acceptors (Lipinski definition) is 3. The molecule has 1 N–H and O–H groups in total. The van der Waals surface area contributed by atoms with E-state index in [0.29, 0.717) is 6.04 Å². The Morgan fingerprint density at radius 1 is 1.15 bits per heavy atom. The Hall–Kier alpha value is -1.87. The molecule has 1 saturated heterocycles. The van der Waals surface area contributed by atoms with Gasteiger partial charge in [-0.25, -0.2) is 0 Å². The Morgan fingerprint density at radius 2 is 1.88 bits per heavy atom. The topological polar surface area (TPSA) is 35.6 Å². The second-order valence-electron chi connectivity index (χ2n) is 8.41. The fourth-order valence-corrected chi connectivity index (χ4v) is 4.91. The first-order valence-electron chi connectivity index (χ1n) is 9.95. The predicted molar refractivity (Wildman–Crippen MR) is 108 cm³/mol. The average Bonchev–Trinajstić information content (AvgIpc) is 3.32. The van der Waals surface area contributed by atoms with E-state index in [0.717, 1.165) is 57.2 Å². The molecule has 4 rings (SSSR count). The van der Waals surface area contributed by atoms with Crippen molar-refractivity contribution in [2.45, 2.75) is 70.4 Å². The molecule has 2 aliphatic carbocycles. The zero-order chi connectivity index (χ0) is 18.3.